The summed E-state index contributed by atoms with van der Waals surface area (Å²) in [5.74, 6) is 2.11. The third kappa shape index (κ3) is 1.16. The van der Waals surface area contributed by atoms with Gasteiger partial charge in [0.25, 0.3) is 0 Å². The lowest BCUT2D eigenvalue weighted by molar-refractivity contribution is 0.118. The number of hydrogen-bond donors (Lipinski definition) is 1. The van der Waals surface area contributed by atoms with Crippen molar-refractivity contribution in [2.24, 2.45) is 28.6 Å². The van der Waals surface area contributed by atoms with Gasteiger partial charge < -0.3 is 5.11 Å². The van der Waals surface area contributed by atoms with E-state index >= 15 is 0 Å². The summed E-state index contributed by atoms with van der Waals surface area (Å²) < 4.78 is 0. The molecule has 3 rings (SSSR count). The van der Waals surface area contributed by atoms with Gasteiger partial charge in [0, 0.05) is 6.61 Å². The molecule has 2 bridgehead atoms. The van der Waals surface area contributed by atoms with Crippen LogP contribution in [0.5, 0.6) is 0 Å². The molecule has 0 aliphatic heterocycles. The summed E-state index contributed by atoms with van der Waals surface area (Å²) in [5.41, 5.74) is 2.39. The fraction of sp³-hybridized carbons (Fsp3) is 0.867. The van der Waals surface area contributed by atoms with Gasteiger partial charge in [0.15, 0.2) is 0 Å². The van der Waals surface area contributed by atoms with Crippen LogP contribution in [-0.4, -0.2) is 11.7 Å². The van der Waals surface area contributed by atoms with Crippen molar-refractivity contribution in [2.75, 3.05) is 6.61 Å². The summed E-state index contributed by atoms with van der Waals surface area (Å²) in [6, 6.07) is 0. The first kappa shape index (κ1) is 10.8. The van der Waals surface area contributed by atoms with Crippen LogP contribution in [0.2, 0.25) is 0 Å². The molecule has 0 amide bonds. The van der Waals surface area contributed by atoms with Gasteiger partial charge in [0.2, 0.25) is 0 Å². The van der Waals surface area contributed by atoms with Crippen LogP contribution >= 0.6 is 0 Å². The molecule has 0 aromatic carbocycles. The van der Waals surface area contributed by atoms with E-state index in [4.69, 9.17) is 0 Å². The number of fused-ring (bicyclic) bond motifs is 1. The van der Waals surface area contributed by atoms with Gasteiger partial charge in [-0.3, -0.25) is 0 Å². The highest BCUT2D eigenvalue weighted by atomic mass is 16.3. The smallest absolute Gasteiger partial charge is 0.0459 e. The lowest BCUT2D eigenvalue weighted by atomic mass is 9.58. The lowest BCUT2D eigenvalue weighted by Crippen LogP contribution is -2.38. The molecule has 3 saturated carbocycles. The maximum atomic E-state index is 9.42. The van der Waals surface area contributed by atoms with E-state index in [1.807, 2.05) is 0 Å². The summed E-state index contributed by atoms with van der Waals surface area (Å²) in [6.45, 7) is 9.60. The number of aliphatic hydroxyl groups excluding tert-OH is 1. The van der Waals surface area contributed by atoms with Crippen LogP contribution < -0.4 is 0 Å². The van der Waals surface area contributed by atoms with Gasteiger partial charge >= 0.3 is 0 Å². The van der Waals surface area contributed by atoms with Crippen LogP contribution in [0.15, 0.2) is 12.2 Å². The highest BCUT2D eigenvalue weighted by molar-refractivity contribution is 5.26. The van der Waals surface area contributed by atoms with Crippen molar-refractivity contribution in [3.05, 3.63) is 12.2 Å². The van der Waals surface area contributed by atoms with Crippen molar-refractivity contribution in [2.45, 2.75) is 46.0 Å². The molecular weight excluding hydrogens is 196 g/mol. The fourth-order valence-corrected chi connectivity index (χ4v) is 5.02. The molecule has 4 atom stereocenters. The van der Waals surface area contributed by atoms with Gasteiger partial charge in [-0.25, -0.2) is 0 Å². The normalized spacial score (nSPS) is 49.4. The second-order valence-electron chi connectivity index (χ2n) is 7.09. The molecule has 0 radical (unpaired) electrons. The molecule has 1 nitrogen and oxygen atoms in total. The number of allylic oxidation sites excluding steroid dienone is 1. The molecule has 3 fully saturated rings. The van der Waals surface area contributed by atoms with Crippen LogP contribution in [0.3, 0.4) is 0 Å². The van der Waals surface area contributed by atoms with Gasteiger partial charge in [-0.2, -0.15) is 0 Å². The molecule has 0 saturated heterocycles. The van der Waals surface area contributed by atoms with E-state index in [-0.39, 0.29) is 0 Å². The number of aliphatic hydroxyl groups is 1. The Morgan fingerprint density at radius 1 is 1.38 bits per heavy atom. The topological polar surface area (TPSA) is 20.2 Å². The van der Waals surface area contributed by atoms with Crippen molar-refractivity contribution >= 4 is 0 Å². The molecule has 1 heteroatoms. The van der Waals surface area contributed by atoms with Crippen molar-refractivity contribution in [3.8, 4) is 0 Å². The third-order valence-corrected chi connectivity index (χ3v) is 6.17. The van der Waals surface area contributed by atoms with Crippen molar-refractivity contribution in [1.82, 2.24) is 0 Å². The minimum Gasteiger partial charge on any atom is -0.396 e. The van der Waals surface area contributed by atoms with Gasteiger partial charge in [-0.1, -0.05) is 26.0 Å². The quantitative estimate of drug-likeness (QED) is 0.672. The zero-order valence-corrected chi connectivity index (χ0v) is 10.6. The second kappa shape index (κ2) is 3.13. The van der Waals surface area contributed by atoms with E-state index in [9.17, 15) is 5.11 Å². The maximum Gasteiger partial charge on any atom is 0.0459 e. The molecule has 16 heavy (non-hydrogen) atoms. The summed E-state index contributed by atoms with van der Waals surface area (Å²) >= 11 is 0. The van der Waals surface area contributed by atoms with E-state index in [1.165, 1.54) is 37.7 Å². The Labute approximate surface area is 98.9 Å². The largest absolute Gasteiger partial charge is 0.396 e. The lowest BCUT2D eigenvalue weighted by Gasteiger charge is -2.47. The van der Waals surface area contributed by atoms with Crippen molar-refractivity contribution in [1.29, 1.82) is 0 Å². The average Bonchev–Trinajstić information content (AvgIpc) is 2.81. The Hall–Kier alpha value is -0.300. The predicted molar refractivity (Wildman–Crippen MR) is 66.0 cm³/mol. The second-order valence-corrected chi connectivity index (χ2v) is 7.09. The molecule has 90 valence electrons. The minimum absolute atomic E-state index is 0.342. The molecular formula is C15H24O. The van der Waals surface area contributed by atoms with Crippen molar-refractivity contribution < 1.29 is 5.11 Å². The number of hydrogen-bond acceptors (Lipinski definition) is 1. The van der Waals surface area contributed by atoms with Gasteiger partial charge in [-0.05, 0) is 60.7 Å². The monoisotopic (exact) mass is 220 g/mol. The fourth-order valence-electron chi connectivity index (χ4n) is 5.02. The maximum absolute atomic E-state index is 9.42. The highest BCUT2D eigenvalue weighted by Crippen LogP contribution is 2.69. The zero-order chi connectivity index (χ0) is 11.6. The van der Waals surface area contributed by atoms with Gasteiger partial charge in [0.1, 0.15) is 0 Å². The minimum atomic E-state index is 0.342. The molecule has 0 heterocycles. The Kier molecular flexibility index (Phi) is 2.12. The molecule has 0 aromatic rings. The molecule has 4 unspecified atom stereocenters. The Balaban J connectivity index is 1.98. The molecule has 1 spiro atoms. The molecule has 3 aliphatic rings. The summed E-state index contributed by atoms with van der Waals surface area (Å²) in [5, 5.41) is 9.42. The van der Waals surface area contributed by atoms with Crippen LogP contribution in [-0.2, 0) is 0 Å². The first-order valence-corrected chi connectivity index (χ1v) is 6.80. The van der Waals surface area contributed by atoms with Crippen LogP contribution in [0.4, 0.5) is 0 Å². The van der Waals surface area contributed by atoms with Crippen molar-refractivity contribution in [3.63, 3.8) is 0 Å². The van der Waals surface area contributed by atoms with E-state index in [2.05, 4.69) is 20.4 Å². The molecule has 3 aliphatic carbocycles. The van der Waals surface area contributed by atoms with Gasteiger partial charge in [-0.15, -0.1) is 0 Å². The molecule has 1 N–H and O–H groups in total. The summed E-state index contributed by atoms with van der Waals surface area (Å²) in [6.07, 6.45) is 6.65. The first-order chi connectivity index (χ1) is 7.49. The summed E-state index contributed by atoms with van der Waals surface area (Å²) in [7, 11) is 0. The Bertz CT molecular complexity index is 330. The third-order valence-electron chi connectivity index (χ3n) is 6.17. The van der Waals surface area contributed by atoms with Crippen LogP contribution in [0.25, 0.3) is 0 Å². The highest BCUT2D eigenvalue weighted by Gasteiger charge is 2.59. The number of rotatable bonds is 1. The Morgan fingerprint density at radius 3 is 2.81 bits per heavy atom. The van der Waals surface area contributed by atoms with E-state index in [1.54, 1.807) is 0 Å². The van der Waals surface area contributed by atoms with E-state index in [0.29, 0.717) is 29.3 Å². The van der Waals surface area contributed by atoms with Crippen LogP contribution in [0.1, 0.15) is 46.0 Å². The first-order valence-electron chi connectivity index (χ1n) is 6.80. The zero-order valence-electron chi connectivity index (χ0n) is 10.6. The van der Waals surface area contributed by atoms with Crippen LogP contribution in [0, 0.1) is 28.6 Å². The SMILES string of the molecule is C=C1C2CC(CO)CC23CCC(C3)C1(C)C. The van der Waals surface area contributed by atoms with E-state index < -0.39 is 0 Å². The summed E-state index contributed by atoms with van der Waals surface area (Å²) in [4.78, 5) is 0. The van der Waals surface area contributed by atoms with E-state index in [0.717, 1.165) is 5.92 Å². The average molecular weight is 220 g/mol. The standard InChI is InChI=1S/C15H24O/c1-10-13-6-11(9-16)7-15(13)5-4-12(8-15)14(10,2)3/h11-13,16H,1,4-9H2,2-3H3. The molecule has 0 aromatic heterocycles. The predicted octanol–water partition coefficient (Wildman–Crippen LogP) is 3.39. The Morgan fingerprint density at radius 2 is 2.12 bits per heavy atom. The van der Waals surface area contributed by atoms with Gasteiger partial charge in [0.05, 0.1) is 0 Å².